The van der Waals surface area contributed by atoms with Crippen LogP contribution in [0.1, 0.15) is 30.1 Å². The summed E-state index contributed by atoms with van der Waals surface area (Å²) in [5.41, 5.74) is -2.31. The van der Waals surface area contributed by atoms with Crippen LogP contribution in [0.2, 0.25) is 0 Å². The van der Waals surface area contributed by atoms with Gasteiger partial charge in [0.05, 0.1) is 11.1 Å². The smallest absolute Gasteiger partial charge is 0.294 e. The molecule has 128 valence electrons. The lowest BCUT2D eigenvalue weighted by Crippen LogP contribution is -2.17. The van der Waals surface area contributed by atoms with Crippen LogP contribution in [0.4, 0.5) is 17.6 Å². The number of Topliss-reactive ketones (excluding diaryl/α,β-unsaturated/α-hetero) is 2. The molecule has 0 saturated carbocycles. The Morgan fingerprint density at radius 1 is 1.21 bits per heavy atom. The van der Waals surface area contributed by atoms with Crippen LogP contribution in [-0.2, 0) is 4.79 Å². The molecule has 0 unspecified atom stereocenters. The third kappa shape index (κ3) is 4.97. The van der Waals surface area contributed by atoms with Gasteiger partial charge in [0.15, 0.2) is 11.6 Å². The van der Waals surface area contributed by atoms with Gasteiger partial charge in [-0.25, -0.2) is 4.39 Å². The van der Waals surface area contributed by atoms with E-state index in [0.717, 1.165) is 12.1 Å². The maximum atomic E-state index is 13.5. The normalized spacial score (nSPS) is 12.9. The summed E-state index contributed by atoms with van der Waals surface area (Å²) < 4.78 is 52.3. The predicted molar refractivity (Wildman–Crippen MR) is 82.4 cm³/mol. The maximum Gasteiger partial charge on any atom is 0.418 e. The molecule has 1 aromatic rings. The summed E-state index contributed by atoms with van der Waals surface area (Å²) in [6.07, 6.45) is -3.92. The molecule has 1 rings (SSSR count). The highest BCUT2D eigenvalue weighted by atomic mass is 19.4. The largest absolute Gasteiger partial charge is 0.418 e. The Labute approximate surface area is 136 Å². The fraction of sp³-hybridized carbons (Fsp3) is 0.235. The first-order chi connectivity index (χ1) is 11.2. The van der Waals surface area contributed by atoms with E-state index in [1.165, 1.54) is 25.1 Å². The summed E-state index contributed by atoms with van der Waals surface area (Å²) in [4.78, 5) is 27.0. The number of carbonyl (C=O) groups excluding carboxylic acids is 2. The number of alkyl halides is 3. The van der Waals surface area contributed by atoms with Gasteiger partial charge in [-0.2, -0.15) is 13.2 Å². The molecule has 1 aromatic carbocycles. The number of benzene rings is 1. The van der Waals surface area contributed by atoms with Gasteiger partial charge in [0, 0.05) is 12.8 Å². The minimum absolute atomic E-state index is 0.216. The Morgan fingerprint density at radius 2 is 1.83 bits per heavy atom. The zero-order valence-corrected chi connectivity index (χ0v) is 12.9. The van der Waals surface area contributed by atoms with Crippen molar-refractivity contribution in [2.24, 2.45) is 4.99 Å². The van der Waals surface area contributed by atoms with E-state index in [2.05, 4.69) is 11.7 Å². The molecule has 0 aliphatic rings. The molecule has 3 nitrogen and oxygen atoms in total. The number of hydrogen-bond acceptors (Lipinski definition) is 3. The van der Waals surface area contributed by atoms with Gasteiger partial charge in [-0.3, -0.25) is 14.6 Å². The molecule has 0 aromatic heterocycles. The van der Waals surface area contributed by atoms with Crippen molar-refractivity contribution in [1.29, 1.82) is 0 Å². The van der Waals surface area contributed by atoms with Crippen LogP contribution < -0.4 is 0 Å². The fourth-order valence-corrected chi connectivity index (χ4v) is 1.97. The number of aliphatic imine (C=N–C) groups is 1. The lowest BCUT2D eigenvalue weighted by Gasteiger charge is -2.11. The van der Waals surface area contributed by atoms with Gasteiger partial charge in [0.1, 0.15) is 11.5 Å². The van der Waals surface area contributed by atoms with Crippen LogP contribution in [0.5, 0.6) is 0 Å². The van der Waals surface area contributed by atoms with E-state index in [1.807, 2.05) is 0 Å². The Kier molecular flexibility index (Phi) is 6.76. The Balaban J connectivity index is 2.98. The molecular weight excluding hydrogens is 326 g/mol. The van der Waals surface area contributed by atoms with E-state index in [0.29, 0.717) is 6.08 Å². The zero-order chi connectivity index (χ0) is 18.3. The van der Waals surface area contributed by atoms with Crippen molar-refractivity contribution in [2.45, 2.75) is 25.9 Å². The molecule has 0 heterocycles. The van der Waals surface area contributed by atoms with E-state index < -0.39 is 47.7 Å². The van der Waals surface area contributed by atoms with Gasteiger partial charge >= 0.3 is 6.18 Å². The molecule has 0 saturated heterocycles. The number of rotatable bonds is 7. The van der Waals surface area contributed by atoms with Gasteiger partial charge in [-0.1, -0.05) is 24.3 Å². The fourth-order valence-electron chi connectivity index (χ4n) is 1.97. The van der Waals surface area contributed by atoms with Gasteiger partial charge in [0.25, 0.3) is 0 Å². The number of halogens is 4. The summed E-state index contributed by atoms with van der Waals surface area (Å²) in [7, 11) is 0. The van der Waals surface area contributed by atoms with Gasteiger partial charge < -0.3 is 0 Å². The van der Waals surface area contributed by atoms with Crippen molar-refractivity contribution in [3.05, 3.63) is 59.1 Å². The third-order valence-electron chi connectivity index (χ3n) is 3.07. The second kappa shape index (κ2) is 8.33. The summed E-state index contributed by atoms with van der Waals surface area (Å²) in [5, 5.41) is 0. The molecule has 0 fully saturated rings. The van der Waals surface area contributed by atoms with E-state index >= 15 is 0 Å². The number of carbonyl (C=O) groups is 2. The molecule has 0 N–H and O–H groups in total. The molecule has 0 aliphatic heterocycles. The number of ketones is 2. The second-order valence-corrected chi connectivity index (χ2v) is 4.74. The lowest BCUT2D eigenvalue weighted by molar-refractivity contribution is -0.117. The first-order valence-corrected chi connectivity index (χ1v) is 6.94. The zero-order valence-electron chi connectivity index (χ0n) is 12.9. The van der Waals surface area contributed by atoms with E-state index in [1.54, 1.807) is 0 Å². The Bertz CT molecular complexity index is 703. The first-order valence-electron chi connectivity index (χ1n) is 6.94. The van der Waals surface area contributed by atoms with Crippen molar-refractivity contribution in [2.75, 3.05) is 0 Å². The number of nitrogens with zero attached hydrogens (tertiary/aromatic N) is 1. The average molecular weight is 341 g/mol. The highest BCUT2D eigenvalue weighted by molar-refractivity contribution is 6.02. The van der Waals surface area contributed by atoms with Gasteiger partial charge in [0.2, 0.25) is 0 Å². The van der Waals surface area contributed by atoms with Crippen LogP contribution >= 0.6 is 0 Å². The molecule has 0 atom stereocenters. The number of allylic oxidation sites excluding steroid dienone is 4. The molecule has 24 heavy (non-hydrogen) atoms. The predicted octanol–water partition coefficient (Wildman–Crippen LogP) is 4.45. The SMILES string of the molecule is C=N/C(C(=O)CCC(=O)c1ccccc1F)=C(\C=C/C)C(F)(F)F. The van der Waals surface area contributed by atoms with Crippen LogP contribution in [-0.4, -0.2) is 24.5 Å². The van der Waals surface area contributed by atoms with Crippen molar-refractivity contribution >= 4 is 18.3 Å². The molecule has 0 aliphatic carbocycles. The molecule has 7 heteroatoms. The molecule has 0 amide bonds. The van der Waals surface area contributed by atoms with E-state index in [4.69, 9.17) is 0 Å². The molecule has 0 bridgehead atoms. The Morgan fingerprint density at radius 3 is 2.33 bits per heavy atom. The minimum atomic E-state index is -4.78. The average Bonchev–Trinajstić information content (AvgIpc) is 2.52. The van der Waals surface area contributed by atoms with Crippen molar-refractivity contribution in [3.8, 4) is 0 Å². The van der Waals surface area contributed by atoms with Crippen molar-refractivity contribution < 1.29 is 27.2 Å². The van der Waals surface area contributed by atoms with Crippen molar-refractivity contribution in [1.82, 2.24) is 0 Å². The highest BCUT2D eigenvalue weighted by Gasteiger charge is 2.36. The van der Waals surface area contributed by atoms with E-state index in [-0.39, 0.29) is 5.56 Å². The third-order valence-corrected chi connectivity index (χ3v) is 3.07. The van der Waals surface area contributed by atoms with Crippen LogP contribution in [0.3, 0.4) is 0 Å². The van der Waals surface area contributed by atoms with Gasteiger partial charge in [-0.05, 0) is 25.8 Å². The summed E-state index contributed by atoms with van der Waals surface area (Å²) in [6, 6.07) is 5.17. The van der Waals surface area contributed by atoms with Crippen LogP contribution in [0, 0.1) is 5.82 Å². The van der Waals surface area contributed by atoms with Gasteiger partial charge in [-0.15, -0.1) is 0 Å². The molecule has 0 spiro atoms. The standard InChI is InChI=1S/C17H15F4NO2/c1-3-6-12(17(19,20)21)16(22-2)15(24)10-9-14(23)11-7-4-5-8-13(11)18/h3-8H,2,9-10H2,1H3/b6-3-,16-12+. The minimum Gasteiger partial charge on any atom is -0.294 e. The molecular formula is C17H15F4NO2. The van der Waals surface area contributed by atoms with Crippen molar-refractivity contribution in [3.63, 3.8) is 0 Å². The lowest BCUT2D eigenvalue weighted by atomic mass is 10.0. The molecule has 0 radical (unpaired) electrons. The van der Waals surface area contributed by atoms with E-state index in [9.17, 15) is 27.2 Å². The second-order valence-electron chi connectivity index (χ2n) is 4.74. The quantitative estimate of drug-likeness (QED) is 0.242. The summed E-state index contributed by atoms with van der Waals surface area (Å²) >= 11 is 0. The topological polar surface area (TPSA) is 46.5 Å². The van der Waals surface area contributed by atoms with Crippen LogP contribution in [0.25, 0.3) is 0 Å². The monoisotopic (exact) mass is 341 g/mol. The maximum absolute atomic E-state index is 13.5. The van der Waals surface area contributed by atoms with Crippen LogP contribution in [0.15, 0.2) is 52.7 Å². The first kappa shape index (κ1) is 19.5. The summed E-state index contributed by atoms with van der Waals surface area (Å²) in [5.74, 6) is -2.41. The highest BCUT2D eigenvalue weighted by Crippen LogP contribution is 2.30. The summed E-state index contributed by atoms with van der Waals surface area (Å²) in [6.45, 7) is 4.35. The Hall–Kier alpha value is -2.57. The number of hydrogen-bond donors (Lipinski definition) is 0.